The van der Waals surface area contributed by atoms with Gasteiger partial charge in [-0.25, -0.2) is 0 Å². The molecule has 9 heteroatoms. The van der Waals surface area contributed by atoms with Crippen molar-refractivity contribution in [1.82, 2.24) is 4.90 Å². The summed E-state index contributed by atoms with van der Waals surface area (Å²) in [6.07, 6.45) is -0.464. The number of ether oxygens (including phenoxy) is 2. The lowest BCUT2D eigenvalue weighted by Crippen LogP contribution is -2.34. The van der Waals surface area contributed by atoms with Crippen molar-refractivity contribution >= 4 is 23.4 Å². The number of likely N-dealkylation sites (tertiary alicyclic amines) is 1. The first kappa shape index (κ1) is 17.7. The van der Waals surface area contributed by atoms with Gasteiger partial charge in [-0.2, -0.15) is 0 Å². The van der Waals surface area contributed by atoms with Crippen LogP contribution in [0.5, 0.6) is 11.5 Å². The maximum absolute atomic E-state index is 13.0. The van der Waals surface area contributed by atoms with Crippen LogP contribution in [0.3, 0.4) is 0 Å². The van der Waals surface area contributed by atoms with Crippen molar-refractivity contribution in [2.75, 3.05) is 11.9 Å². The predicted octanol–water partition coefficient (Wildman–Crippen LogP) is 2.51. The van der Waals surface area contributed by atoms with Crippen molar-refractivity contribution in [2.24, 2.45) is 11.8 Å². The van der Waals surface area contributed by atoms with Gasteiger partial charge >= 0.3 is 6.29 Å². The Bertz CT molecular complexity index is 789. The van der Waals surface area contributed by atoms with Crippen LogP contribution in [-0.4, -0.2) is 35.5 Å². The molecule has 0 aromatic heterocycles. The van der Waals surface area contributed by atoms with Crippen LogP contribution in [0.25, 0.3) is 0 Å². The average Bonchev–Trinajstić information content (AvgIpc) is 3.06. The molecule has 3 aliphatic rings. The van der Waals surface area contributed by atoms with Crippen LogP contribution in [0.15, 0.2) is 18.2 Å². The molecule has 1 saturated carbocycles. The monoisotopic (exact) mass is 380 g/mol. The molecule has 1 aliphatic carbocycles. The number of hydrogen-bond acceptors (Lipinski definition) is 5. The Morgan fingerprint density at radius 1 is 1.11 bits per heavy atom. The molecule has 1 aromatic rings. The molecule has 0 unspecified atom stereocenters. The number of anilines is 1. The minimum atomic E-state index is -3.72. The lowest BCUT2D eigenvalue weighted by molar-refractivity contribution is -0.286. The fourth-order valence-electron chi connectivity index (χ4n) is 3.91. The van der Waals surface area contributed by atoms with Gasteiger partial charge in [-0.15, -0.1) is 8.78 Å². The summed E-state index contributed by atoms with van der Waals surface area (Å²) < 4.78 is 34.7. The van der Waals surface area contributed by atoms with E-state index in [0.29, 0.717) is 0 Å². The molecule has 0 bridgehead atoms. The number of carbonyl (C=O) groups is 3. The second kappa shape index (κ2) is 6.47. The van der Waals surface area contributed by atoms with Gasteiger partial charge in [0.15, 0.2) is 11.5 Å². The number of hydrogen-bond donors (Lipinski definition) is 1. The molecule has 2 heterocycles. The summed E-state index contributed by atoms with van der Waals surface area (Å²) in [7, 11) is 0. The summed E-state index contributed by atoms with van der Waals surface area (Å²) in [5.41, 5.74) is 0.257. The van der Waals surface area contributed by atoms with Crippen LogP contribution in [-0.2, 0) is 14.4 Å². The molecular formula is C18H18F2N2O5. The van der Waals surface area contributed by atoms with Crippen molar-refractivity contribution in [2.45, 2.75) is 38.4 Å². The Balaban J connectivity index is 1.34. The van der Waals surface area contributed by atoms with E-state index in [1.807, 2.05) is 0 Å². The number of fused-ring (bicyclic) bond motifs is 2. The first-order chi connectivity index (χ1) is 12.8. The van der Waals surface area contributed by atoms with Crippen LogP contribution in [0.1, 0.15) is 32.1 Å². The highest BCUT2D eigenvalue weighted by Crippen LogP contribution is 2.42. The Morgan fingerprint density at radius 2 is 1.74 bits per heavy atom. The van der Waals surface area contributed by atoms with Gasteiger partial charge in [-0.1, -0.05) is 12.8 Å². The van der Waals surface area contributed by atoms with E-state index in [1.165, 1.54) is 23.1 Å². The third kappa shape index (κ3) is 3.33. The minimum Gasteiger partial charge on any atom is -0.395 e. The lowest BCUT2D eigenvalue weighted by Gasteiger charge is -2.19. The SMILES string of the molecule is O=C(CCN1C(=O)[C@@H]2CCCC[C@H]2C1=O)Nc1ccc2c(c1)OC(F)(F)O2. The number of halogens is 2. The smallest absolute Gasteiger partial charge is 0.395 e. The number of amides is 3. The lowest BCUT2D eigenvalue weighted by atomic mass is 9.81. The highest BCUT2D eigenvalue weighted by molar-refractivity contribution is 6.05. The standard InChI is InChI=1S/C18H18F2N2O5/c19-18(20)26-13-6-5-10(9-14(13)27-18)21-15(23)7-8-22-16(24)11-3-1-2-4-12(11)17(22)25/h5-6,9,11-12H,1-4,7-8H2,(H,21,23)/t11-,12-/m1/s1. The van der Waals surface area contributed by atoms with Crippen LogP contribution in [0.2, 0.25) is 0 Å². The second-order valence-electron chi connectivity index (χ2n) is 6.95. The maximum atomic E-state index is 13.0. The molecule has 1 aromatic carbocycles. The van der Waals surface area contributed by atoms with Gasteiger partial charge < -0.3 is 14.8 Å². The van der Waals surface area contributed by atoms with Gasteiger partial charge in [0.2, 0.25) is 17.7 Å². The quantitative estimate of drug-likeness (QED) is 0.812. The molecule has 1 saturated heterocycles. The number of nitrogens with one attached hydrogen (secondary N) is 1. The van der Waals surface area contributed by atoms with E-state index >= 15 is 0 Å². The molecule has 2 atom stereocenters. The van der Waals surface area contributed by atoms with Crippen LogP contribution >= 0.6 is 0 Å². The first-order valence-corrected chi connectivity index (χ1v) is 8.89. The molecule has 27 heavy (non-hydrogen) atoms. The Kier molecular flexibility index (Phi) is 4.24. The fraction of sp³-hybridized carbons (Fsp3) is 0.500. The summed E-state index contributed by atoms with van der Waals surface area (Å²) in [6.45, 7) is 0.0130. The van der Waals surface area contributed by atoms with Crippen molar-refractivity contribution in [3.05, 3.63) is 18.2 Å². The molecule has 2 aliphatic heterocycles. The number of rotatable bonds is 4. The number of carbonyl (C=O) groups excluding carboxylic acids is 3. The summed E-state index contributed by atoms with van der Waals surface area (Å²) >= 11 is 0. The van der Waals surface area contributed by atoms with Gasteiger partial charge in [0.1, 0.15) is 0 Å². The van der Waals surface area contributed by atoms with E-state index in [9.17, 15) is 23.2 Å². The zero-order valence-corrected chi connectivity index (χ0v) is 14.4. The Hall–Kier alpha value is -2.71. The van der Waals surface area contributed by atoms with E-state index in [1.54, 1.807) is 0 Å². The summed E-state index contributed by atoms with van der Waals surface area (Å²) in [5.74, 6) is -1.60. The van der Waals surface area contributed by atoms with Crippen LogP contribution in [0.4, 0.5) is 14.5 Å². The van der Waals surface area contributed by atoms with Crippen LogP contribution in [0, 0.1) is 11.8 Å². The zero-order chi connectivity index (χ0) is 19.2. The maximum Gasteiger partial charge on any atom is 0.586 e. The highest BCUT2D eigenvalue weighted by Gasteiger charge is 2.48. The molecule has 0 spiro atoms. The van der Waals surface area contributed by atoms with Crippen molar-refractivity contribution in [3.8, 4) is 11.5 Å². The number of benzene rings is 1. The van der Waals surface area contributed by atoms with E-state index in [-0.39, 0.29) is 53.8 Å². The molecule has 1 N–H and O–H groups in total. The fourth-order valence-corrected chi connectivity index (χ4v) is 3.91. The van der Waals surface area contributed by atoms with Crippen molar-refractivity contribution in [3.63, 3.8) is 0 Å². The van der Waals surface area contributed by atoms with E-state index in [0.717, 1.165) is 25.7 Å². The average molecular weight is 380 g/mol. The number of alkyl halides is 2. The molecule has 4 rings (SSSR count). The first-order valence-electron chi connectivity index (χ1n) is 8.89. The van der Waals surface area contributed by atoms with Crippen LogP contribution < -0.4 is 14.8 Å². The molecule has 144 valence electrons. The molecule has 0 radical (unpaired) electrons. The summed E-state index contributed by atoms with van der Waals surface area (Å²) in [5, 5.41) is 2.55. The third-order valence-corrected chi connectivity index (χ3v) is 5.18. The topological polar surface area (TPSA) is 84.9 Å². The van der Waals surface area contributed by atoms with Gasteiger partial charge in [-0.05, 0) is 25.0 Å². The molecule has 3 amide bonds. The third-order valence-electron chi connectivity index (χ3n) is 5.18. The number of nitrogens with zero attached hydrogens (tertiary/aromatic N) is 1. The van der Waals surface area contributed by atoms with E-state index in [4.69, 9.17) is 0 Å². The second-order valence-corrected chi connectivity index (χ2v) is 6.95. The Morgan fingerprint density at radius 3 is 2.41 bits per heavy atom. The highest BCUT2D eigenvalue weighted by atomic mass is 19.3. The van der Waals surface area contributed by atoms with E-state index < -0.39 is 12.2 Å². The van der Waals surface area contributed by atoms with Crippen molar-refractivity contribution < 1.29 is 32.6 Å². The number of imide groups is 1. The zero-order valence-electron chi connectivity index (χ0n) is 14.4. The van der Waals surface area contributed by atoms with E-state index in [2.05, 4.69) is 14.8 Å². The van der Waals surface area contributed by atoms with Gasteiger partial charge in [-0.3, -0.25) is 19.3 Å². The Labute approximate surface area is 153 Å². The summed E-state index contributed by atoms with van der Waals surface area (Å²) in [4.78, 5) is 38.1. The molecule has 2 fully saturated rings. The molecular weight excluding hydrogens is 362 g/mol. The van der Waals surface area contributed by atoms with Gasteiger partial charge in [0.05, 0.1) is 11.8 Å². The molecule has 7 nitrogen and oxygen atoms in total. The summed E-state index contributed by atoms with van der Waals surface area (Å²) in [6, 6.07) is 3.90. The normalized spacial score (nSPS) is 25.5. The largest absolute Gasteiger partial charge is 0.586 e. The predicted molar refractivity (Wildman–Crippen MR) is 88.1 cm³/mol. The minimum absolute atomic E-state index is 0.0130. The van der Waals surface area contributed by atoms with Gasteiger partial charge in [0.25, 0.3) is 0 Å². The van der Waals surface area contributed by atoms with Gasteiger partial charge in [0, 0.05) is 24.7 Å². The van der Waals surface area contributed by atoms with Crippen molar-refractivity contribution in [1.29, 1.82) is 0 Å².